The average molecular weight is 776 g/mol. The van der Waals surface area contributed by atoms with Crippen LogP contribution in [-0.4, -0.2) is 100 Å². The summed E-state index contributed by atoms with van der Waals surface area (Å²) >= 11 is 1.28. The highest BCUT2D eigenvalue weighted by Crippen LogP contribution is 2.52. The normalized spacial score (nSPS) is 23.5. The Hall–Kier alpha value is -5.82. The Balaban J connectivity index is 1.13. The molecule has 18 nitrogen and oxygen atoms in total. The molecule has 288 valence electrons. The van der Waals surface area contributed by atoms with Crippen molar-refractivity contribution >= 4 is 47.0 Å². The Kier molecular flexibility index (Phi) is 10.3. The van der Waals surface area contributed by atoms with Crippen molar-refractivity contribution in [3.05, 3.63) is 108 Å². The van der Waals surface area contributed by atoms with Gasteiger partial charge in [-0.15, -0.1) is 11.8 Å². The van der Waals surface area contributed by atoms with Crippen LogP contribution in [0.2, 0.25) is 0 Å². The highest BCUT2D eigenvalue weighted by Gasteiger charge is 2.60. The molecule has 0 unspecified atom stereocenters. The van der Waals surface area contributed by atoms with Crippen LogP contribution in [0.4, 0.5) is 16.2 Å². The number of esters is 1. The number of non-ortho nitro benzene ring substituents is 2. The van der Waals surface area contributed by atoms with Gasteiger partial charge in [-0.05, 0) is 48.7 Å². The van der Waals surface area contributed by atoms with Crippen molar-refractivity contribution in [2.24, 2.45) is 11.8 Å². The Morgan fingerprint density at radius 2 is 1.64 bits per heavy atom. The number of carbonyl (C=O) groups is 4. The lowest BCUT2D eigenvalue weighted by molar-refractivity contribution is -0.385. The molecule has 3 aromatic rings. The number of benzene rings is 2. The zero-order valence-electron chi connectivity index (χ0n) is 29.7. The topological polar surface area (TPSA) is 232 Å². The number of aromatic nitrogens is 2. The van der Waals surface area contributed by atoms with Gasteiger partial charge in [0, 0.05) is 59.8 Å². The molecule has 0 aliphatic carbocycles. The molecule has 0 saturated carbocycles. The lowest BCUT2D eigenvalue weighted by atomic mass is 9.79. The summed E-state index contributed by atoms with van der Waals surface area (Å²) in [6, 6.07) is 9.65. The van der Waals surface area contributed by atoms with Crippen molar-refractivity contribution in [2.45, 2.75) is 69.9 Å². The summed E-state index contributed by atoms with van der Waals surface area (Å²) in [6.07, 6.45) is 0.563. The van der Waals surface area contributed by atoms with Crippen LogP contribution in [0.3, 0.4) is 0 Å². The first kappa shape index (κ1) is 37.5. The summed E-state index contributed by atoms with van der Waals surface area (Å²) in [4.78, 5) is 88.4. The third kappa shape index (κ3) is 7.23. The third-order valence-electron chi connectivity index (χ3n) is 10.5. The molecule has 19 heteroatoms. The molecule has 4 aliphatic heterocycles. The van der Waals surface area contributed by atoms with Gasteiger partial charge in [0.15, 0.2) is 0 Å². The zero-order chi connectivity index (χ0) is 39.1. The minimum absolute atomic E-state index is 0.0243. The fourth-order valence-corrected chi connectivity index (χ4v) is 9.17. The van der Waals surface area contributed by atoms with Gasteiger partial charge in [0.2, 0.25) is 11.8 Å². The number of nitro benzene ring substituents is 2. The minimum Gasteiger partial charge on any atom is -0.456 e. The molecule has 0 bridgehead atoms. The Labute approximate surface area is 317 Å². The van der Waals surface area contributed by atoms with Crippen molar-refractivity contribution in [2.75, 3.05) is 13.1 Å². The molecular formula is C36H37N7O11S. The number of carbonyl (C=O) groups excluding carboxylic acids is 4. The fourth-order valence-electron chi connectivity index (χ4n) is 7.65. The maximum Gasteiger partial charge on any atom is 0.410 e. The number of thioether (sulfide) groups is 1. The van der Waals surface area contributed by atoms with Gasteiger partial charge in [0.05, 0.1) is 52.2 Å². The molecule has 4 aliphatic rings. The number of aliphatic hydroxyl groups is 1. The monoisotopic (exact) mass is 775 g/mol. The number of likely N-dealkylation sites (tertiary alicyclic amines) is 1. The maximum absolute atomic E-state index is 14.2. The number of nitro groups is 2. The predicted molar refractivity (Wildman–Crippen MR) is 192 cm³/mol. The first-order chi connectivity index (χ1) is 26.3. The van der Waals surface area contributed by atoms with Gasteiger partial charge in [-0.3, -0.25) is 34.7 Å². The molecule has 0 radical (unpaired) electrons. The molecule has 7 rings (SSSR count). The molecule has 5 heterocycles. The molecule has 2 saturated heterocycles. The number of nitrogens with zero attached hydrogens (tertiary/aromatic N) is 6. The highest BCUT2D eigenvalue weighted by molar-refractivity contribution is 8.03. The Morgan fingerprint density at radius 3 is 2.24 bits per heavy atom. The summed E-state index contributed by atoms with van der Waals surface area (Å²) < 4.78 is 11.3. The summed E-state index contributed by atoms with van der Waals surface area (Å²) in [6.45, 7) is 3.68. The minimum atomic E-state index is -0.979. The molecule has 2 aromatic carbocycles. The van der Waals surface area contributed by atoms with Gasteiger partial charge >= 0.3 is 12.1 Å². The van der Waals surface area contributed by atoms with E-state index in [4.69, 9.17) is 9.47 Å². The largest absolute Gasteiger partial charge is 0.456 e. The summed E-state index contributed by atoms with van der Waals surface area (Å²) in [7, 11) is 0. The van der Waals surface area contributed by atoms with E-state index >= 15 is 0 Å². The van der Waals surface area contributed by atoms with Crippen molar-refractivity contribution in [1.82, 2.24) is 24.7 Å². The second kappa shape index (κ2) is 15.1. The van der Waals surface area contributed by atoms with Crippen LogP contribution < -0.4 is 0 Å². The second-order valence-electron chi connectivity index (χ2n) is 13.9. The van der Waals surface area contributed by atoms with Crippen molar-refractivity contribution < 1.29 is 43.6 Å². The maximum atomic E-state index is 14.2. The molecular weight excluding hydrogens is 739 g/mol. The quantitative estimate of drug-likeness (QED) is 0.123. The predicted octanol–water partition coefficient (Wildman–Crippen LogP) is 3.44. The molecule has 3 amide bonds. The molecule has 2 fully saturated rings. The van der Waals surface area contributed by atoms with Crippen LogP contribution in [0.1, 0.15) is 42.8 Å². The van der Waals surface area contributed by atoms with E-state index in [1.807, 2.05) is 6.92 Å². The summed E-state index contributed by atoms with van der Waals surface area (Å²) in [5.41, 5.74) is 2.47. The summed E-state index contributed by atoms with van der Waals surface area (Å²) in [5, 5.41) is 32.2. The SMILES string of the molecule is C[C@@H](O)[C@H]1C(=O)N2C(C(=O)OCc3ccc([N+](=O)[O-])cc3)=C(S[C@H]3C[C@@H](C(=O)N4CCc5nc[nH]c5C4)N(C(=O)OCc4ccc([N+](=O)[O-])cc4)C3)[C@H](C)[C@H]12. The third-order valence-corrected chi connectivity index (χ3v) is 12.0. The van der Waals surface area contributed by atoms with E-state index in [1.165, 1.54) is 77.0 Å². The van der Waals surface area contributed by atoms with E-state index in [0.717, 1.165) is 11.4 Å². The van der Waals surface area contributed by atoms with Gasteiger partial charge < -0.3 is 29.4 Å². The number of fused-ring (bicyclic) bond motifs is 2. The van der Waals surface area contributed by atoms with Crippen LogP contribution in [0.5, 0.6) is 0 Å². The number of H-pyrrole nitrogens is 1. The molecule has 2 N–H and O–H groups in total. The van der Waals surface area contributed by atoms with Gasteiger partial charge in [-0.2, -0.15) is 0 Å². The van der Waals surface area contributed by atoms with E-state index in [0.29, 0.717) is 29.0 Å². The number of aliphatic hydroxyl groups excluding tert-OH is 1. The van der Waals surface area contributed by atoms with Crippen molar-refractivity contribution in [3.63, 3.8) is 0 Å². The number of rotatable bonds is 11. The number of hydrogen-bond donors (Lipinski definition) is 2. The van der Waals surface area contributed by atoms with Gasteiger partial charge in [-0.25, -0.2) is 14.6 Å². The zero-order valence-corrected chi connectivity index (χ0v) is 30.5. The lowest BCUT2D eigenvalue weighted by Gasteiger charge is -2.46. The standard InChI is InChI=1S/C36H37N7O11S/c1-19-30-29(20(2)44)34(46)41(30)31(35(47)53-16-21-3-7-23(8-4-21)42(49)50)32(19)55-25-13-28(33(45)39-12-11-26-27(15-39)38-18-37-26)40(14-25)36(48)54-17-22-5-9-24(10-6-22)43(51)52/h3-10,18-20,25,28-30,44H,11-17H2,1-2H3,(H,37,38)/t19-,20-,25+,28+,29-,30-/m1/s1. The number of β-lactam (4-membered cyclic amide) rings is 1. The van der Waals surface area contributed by atoms with Crippen LogP contribution in [0.15, 0.2) is 65.5 Å². The molecule has 0 spiro atoms. The Bertz CT molecular complexity index is 2070. The molecule has 1 aromatic heterocycles. The van der Waals surface area contributed by atoms with Gasteiger partial charge in [-0.1, -0.05) is 6.92 Å². The number of aromatic amines is 1. The van der Waals surface area contributed by atoms with Crippen LogP contribution in [0, 0.1) is 32.1 Å². The van der Waals surface area contributed by atoms with Crippen molar-refractivity contribution in [3.8, 4) is 0 Å². The lowest BCUT2D eigenvalue weighted by Crippen LogP contribution is -2.63. The van der Waals surface area contributed by atoms with E-state index < -0.39 is 63.1 Å². The number of ether oxygens (including phenoxy) is 2. The number of nitrogens with one attached hydrogen (secondary N) is 1. The van der Waals surface area contributed by atoms with Crippen LogP contribution >= 0.6 is 11.8 Å². The van der Waals surface area contributed by atoms with Crippen LogP contribution in [-0.2, 0) is 50.0 Å². The van der Waals surface area contributed by atoms with E-state index in [1.54, 1.807) is 11.2 Å². The number of amides is 3. The fraction of sp³-hybridized carbons (Fsp3) is 0.417. The number of imidazole rings is 1. The number of hydrogen-bond acceptors (Lipinski definition) is 13. The smallest absolute Gasteiger partial charge is 0.410 e. The Morgan fingerprint density at radius 1 is 1.02 bits per heavy atom. The average Bonchev–Trinajstić information content (AvgIpc) is 3.88. The molecule has 6 atom stereocenters. The first-order valence-electron chi connectivity index (χ1n) is 17.6. The first-order valence-corrected chi connectivity index (χ1v) is 18.5. The van der Waals surface area contributed by atoms with Gasteiger partial charge in [0.25, 0.3) is 11.4 Å². The van der Waals surface area contributed by atoms with Gasteiger partial charge in [0.1, 0.15) is 25.0 Å². The molecule has 55 heavy (non-hydrogen) atoms. The second-order valence-corrected chi connectivity index (χ2v) is 15.3. The van der Waals surface area contributed by atoms with Crippen LogP contribution in [0.25, 0.3) is 0 Å². The van der Waals surface area contributed by atoms with E-state index in [-0.39, 0.29) is 55.7 Å². The highest BCUT2D eigenvalue weighted by atomic mass is 32.2. The van der Waals surface area contributed by atoms with E-state index in [2.05, 4.69) is 9.97 Å². The van der Waals surface area contributed by atoms with Crippen molar-refractivity contribution in [1.29, 1.82) is 0 Å². The van der Waals surface area contributed by atoms with E-state index in [9.17, 15) is 44.5 Å². The summed E-state index contributed by atoms with van der Waals surface area (Å²) in [5.74, 6) is -2.66.